The molecular weight excluding hydrogens is 310 g/mol. The molecule has 1 fully saturated rings. The molecule has 0 radical (unpaired) electrons. The van der Waals surface area contributed by atoms with Gasteiger partial charge in [-0.05, 0) is 6.92 Å². The Morgan fingerprint density at radius 3 is 2.91 bits per heavy atom. The molecule has 2 aromatic heterocycles. The van der Waals surface area contributed by atoms with Gasteiger partial charge in [-0.1, -0.05) is 0 Å². The van der Waals surface area contributed by atoms with Crippen molar-refractivity contribution < 1.29 is 29.9 Å². The lowest BCUT2D eigenvalue weighted by Gasteiger charge is -2.26. The molecule has 0 aliphatic carbocycles. The largest absolute Gasteiger partial charge is 0.394 e. The topological polar surface area (TPSA) is 144 Å². The first-order valence-electron chi connectivity index (χ1n) is 6.81. The minimum Gasteiger partial charge on any atom is -0.394 e. The van der Waals surface area contributed by atoms with Crippen molar-refractivity contribution >= 4 is 16.9 Å². The van der Waals surface area contributed by atoms with E-state index in [1.165, 1.54) is 31.2 Å². The first-order valence-corrected chi connectivity index (χ1v) is 6.81. The summed E-state index contributed by atoms with van der Waals surface area (Å²) in [5.74, 6) is 0.306. The lowest BCUT2D eigenvalue weighted by molar-refractivity contribution is -0.248. The molecule has 0 saturated carbocycles. The van der Waals surface area contributed by atoms with E-state index >= 15 is 0 Å². The zero-order valence-corrected chi connectivity index (χ0v) is 12.4. The molecule has 3 rings (SSSR count). The fourth-order valence-corrected chi connectivity index (χ4v) is 2.54. The Kier molecular flexibility index (Phi) is 4.14. The number of ether oxygens (including phenoxy) is 1. The van der Waals surface area contributed by atoms with Gasteiger partial charge < -0.3 is 20.1 Å². The SMILES string of the molecule is COONc1ncnc2c1cnn2[C@@H]1O[C@H](CO)[C@@H](O)[C@@]1(C)O. The molecule has 11 heteroatoms. The van der Waals surface area contributed by atoms with Crippen molar-refractivity contribution in [1.29, 1.82) is 0 Å². The van der Waals surface area contributed by atoms with E-state index in [0.29, 0.717) is 16.9 Å². The Balaban J connectivity index is 2.01. The Hall–Kier alpha value is -1.89. The maximum Gasteiger partial charge on any atom is 0.183 e. The van der Waals surface area contributed by atoms with Crippen molar-refractivity contribution in [2.75, 3.05) is 19.2 Å². The van der Waals surface area contributed by atoms with Crippen LogP contribution in [0.4, 0.5) is 5.82 Å². The van der Waals surface area contributed by atoms with Crippen molar-refractivity contribution in [2.24, 2.45) is 0 Å². The second kappa shape index (κ2) is 5.96. The summed E-state index contributed by atoms with van der Waals surface area (Å²) in [6, 6.07) is 0. The number of aliphatic hydroxyl groups excluding tert-OH is 2. The van der Waals surface area contributed by atoms with E-state index in [0.717, 1.165) is 0 Å². The van der Waals surface area contributed by atoms with Crippen LogP contribution in [-0.2, 0) is 14.6 Å². The van der Waals surface area contributed by atoms with Gasteiger partial charge in [0.1, 0.15) is 24.1 Å². The highest BCUT2D eigenvalue weighted by atomic mass is 17.3. The monoisotopic (exact) mass is 327 g/mol. The van der Waals surface area contributed by atoms with Crippen LogP contribution in [-0.4, -0.2) is 66.6 Å². The third-order valence-electron chi connectivity index (χ3n) is 3.77. The van der Waals surface area contributed by atoms with Crippen LogP contribution in [0.25, 0.3) is 11.0 Å². The highest BCUT2D eigenvalue weighted by molar-refractivity contribution is 5.85. The van der Waals surface area contributed by atoms with Crippen molar-refractivity contribution in [3.05, 3.63) is 12.5 Å². The molecule has 1 saturated heterocycles. The molecule has 0 unspecified atom stereocenters. The van der Waals surface area contributed by atoms with E-state index in [2.05, 4.69) is 30.4 Å². The molecule has 0 spiro atoms. The Morgan fingerprint density at radius 1 is 1.48 bits per heavy atom. The summed E-state index contributed by atoms with van der Waals surface area (Å²) >= 11 is 0. The fourth-order valence-electron chi connectivity index (χ4n) is 2.54. The molecule has 23 heavy (non-hydrogen) atoms. The predicted octanol–water partition coefficient (Wildman–Crippen LogP) is -1.27. The van der Waals surface area contributed by atoms with E-state index in [1.54, 1.807) is 0 Å². The molecule has 2 aromatic rings. The number of anilines is 1. The fraction of sp³-hybridized carbons (Fsp3) is 0.583. The quantitative estimate of drug-likeness (QED) is 0.387. The number of aliphatic hydroxyl groups is 3. The minimum absolute atomic E-state index is 0.306. The minimum atomic E-state index is -1.66. The first-order chi connectivity index (χ1) is 11.0. The van der Waals surface area contributed by atoms with Crippen LogP contribution in [0.15, 0.2) is 12.5 Å². The van der Waals surface area contributed by atoms with Crippen molar-refractivity contribution in [3.63, 3.8) is 0 Å². The van der Waals surface area contributed by atoms with Crippen molar-refractivity contribution in [2.45, 2.75) is 31.0 Å². The molecule has 1 aliphatic rings. The van der Waals surface area contributed by atoms with E-state index in [9.17, 15) is 15.3 Å². The maximum atomic E-state index is 10.5. The molecule has 1 aliphatic heterocycles. The van der Waals surface area contributed by atoms with Crippen LogP contribution < -0.4 is 5.48 Å². The van der Waals surface area contributed by atoms with Gasteiger partial charge in [-0.15, -0.1) is 4.99 Å². The number of aromatic nitrogens is 4. The van der Waals surface area contributed by atoms with E-state index in [4.69, 9.17) is 4.74 Å². The number of nitrogens with zero attached hydrogens (tertiary/aromatic N) is 4. The number of fused-ring (bicyclic) bond motifs is 1. The summed E-state index contributed by atoms with van der Waals surface area (Å²) in [7, 11) is 1.33. The summed E-state index contributed by atoms with van der Waals surface area (Å²) in [6.07, 6.45) is -0.503. The molecule has 0 amide bonds. The van der Waals surface area contributed by atoms with Crippen LogP contribution in [0, 0.1) is 0 Å². The number of nitrogens with one attached hydrogen (secondary N) is 1. The van der Waals surface area contributed by atoms with Crippen LogP contribution in [0.5, 0.6) is 0 Å². The average molecular weight is 327 g/mol. The Morgan fingerprint density at radius 2 is 2.26 bits per heavy atom. The smallest absolute Gasteiger partial charge is 0.183 e. The zero-order valence-electron chi connectivity index (χ0n) is 12.4. The van der Waals surface area contributed by atoms with Gasteiger partial charge in [0, 0.05) is 0 Å². The predicted molar refractivity (Wildman–Crippen MR) is 74.7 cm³/mol. The van der Waals surface area contributed by atoms with Crippen LogP contribution >= 0.6 is 0 Å². The van der Waals surface area contributed by atoms with Crippen molar-refractivity contribution in [1.82, 2.24) is 19.7 Å². The number of hydrogen-bond donors (Lipinski definition) is 4. The average Bonchev–Trinajstić information content (AvgIpc) is 3.06. The van der Waals surface area contributed by atoms with E-state index < -0.39 is 30.6 Å². The molecule has 126 valence electrons. The zero-order chi connectivity index (χ0) is 16.6. The molecule has 4 atom stereocenters. The third-order valence-corrected chi connectivity index (χ3v) is 3.77. The number of hydrogen-bond acceptors (Lipinski definition) is 10. The van der Waals surface area contributed by atoms with Gasteiger partial charge in [0.25, 0.3) is 0 Å². The molecule has 11 nitrogen and oxygen atoms in total. The lowest BCUT2D eigenvalue weighted by atomic mass is 9.97. The normalized spacial score (nSPS) is 30.9. The summed E-state index contributed by atoms with van der Waals surface area (Å²) < 4.78 is 6.84. The van der Waals surface area contributed by atoms with E-state index in [-0.39, 0.29) is 0 Å². The molecular formula is C12H17N5O6. The van der Waals surface area contributed by atoms with Gasteiger partial charge in [-0.2, -0.15) is 5.10 Å². The highest BCUT2D eigenvalue weighted by Gasteiger charge is 2.53. The maximum absolute atomic E-state index is 10.5. The molecule has 4 N–H and O–H groups in total. The van der Waals surface area contributed by atoms with Crippen LogP contribution in [0.2, 0.25) is 0 Å². The summed E-state index contributed by atoms with van der Waals surface area (Å²) in [5.41, 5.74) is 1.16. The van der Waals surface area contributed by atoms with Gasteiger partial charge in [-0.25, -0.2) is 25.0 Å². The van der Waals surface area contributed by atoms with Gasteiger partial charge >= 0.3 is 0 Å². The lowest BCUT2D eigenvalue weighted by Crippen LogP contribution is -2.44. The van der Waals surface area contributed by atoms with E-state index in [1.807, 2.05) is 0 Å². The Bertz CT molecular complexity index is 692. The second-order valence-corrected chi connectivity index (χ2v) is 5.28. The summed E-state index contributed by atoms with van der Waals surface area (Å²) in [6.45, 7) is 0.969. The van der Waals surface area contributed by atoms with Gasteiger partial charge in [0.2, 0.25) is 0 Å². The van der Waals surface area contributed by atoms with Crippen LogP contribution in [0.3, 0.4) is 0 Å². The van der Waals surface area contributed by atoms with Crippen LogP contribution in [0.1, 0.15) is 13.2 Å². The molecule has 3 heterocycles. The highest BCUT2D eigenvalue weighted by Crippen LogP contribution is 2.39. The molecule has 0 bridgehead atoms. The number of rotatable bonds is 5. The molecule has 0 aromatic carbocycles. The summed E-state index contributed by atoms with van der Waals surface area (Å²) in [4.78, 5) is 17.2. The van der Waals surface area contributed by atoms with Gasteiger partial charge in [-0.3, -0.25) is 0 Å². The first kappa shape index (κ1) is 16.0. The van der Waals surface area contributed by atoms with Crippen molar-refractivity contribution in [3.8, 4) is 0 Å². The Labute approximate surface area is 130 Å². The van der Waals surface area contributed by atoms with Gasteiger partial charge in [0.15, 0.2) is 17.7 Å². The standard InChI is InChI=1S/C12H17N5O6/c1-12(20)8(19)7(4-18)22-11(12)17-10-6(3-15-17)9(13-5-14-10)16-23-21-2/h3,5,7-8,11,18-20H,4H2,1-2H3,(H,13,14,16)/t7-,8-,11-,12-/m1/s1. The van der Waals surface area contributed by atoms with Gasteiger partial charge in [0.05, 0.1) is 25.3 Å². The second-order valence-electron chi connectivity index (χ2n) is 5.28. The third kappa shape index (κ3) is 2.52. The summed E-state index contributed by atoms with van der Waals surface area (Å²) in [5, 5.41) is 34.5.